The van der Waals surface area contributed by atoms with Gasteiger partial charge in [0.05, 0.1) is 22.7 Å². The van der Waals surface area contributed by atoms with E-state index in [1.165, 1.54) is 11.3 Å². The molecule has 3 rings (SSSR count). The molecule has 0 aromatic carbocycles. The van der Waals surface area contributed by atoms with Crippen molar-refractivity contribution in [3.8, 4) is 0 Å². The fourth-order valence-electron chi connectivity index (χ4n) is 3.01. The van der Waals surface area contributed by atoms with Crippen molar-refractivity contribution in [3.63, 3.8) is 0 Å². The minimum atomic E-state index is -0.422. The molecule has 2 aromatic heterocycles. The third-order valence-electron chi connectivity index (χ3n) is 4.22. The molecule has 2 atom stereocenters. The highest BCUT2D eigenvalue weighted by Gasteiger charge is 2.24. The van der Waals surface area contributed by atoms with Crippen LogP contribution in [0.1, 0.15) is 47.5 Å². The van der Waals surface area contributed by atoms with Gasteiger partial charge in [0, 0.05) is 12.4 Å². The molecule has 21 heavy (non-hydrogen) atoms. The highest BCUT2D eigenvalue weighted by Crippen LogP contribution is 2.28. The number of carbonyl (C=O) groups is 1. The molecule has 0 radical (unpaired) electrons. The largest absolute Gasteiger partial charge is 0.391 e. The van der Waals surface area contributed by atoms with E-state index in [1.807, 2.05) is 24.7 Å². The van der Waals surface area contributed by atoms with E-state index in [0.717, 1.165) is 48.0 Å². The summed E-state index contributed by atoms with van der Waals surface area (Å²) in [4.78, 5) is 14.1. The fourth-order valence-corrected chi connectivity index (χ4v) is 4.04. The Hall–Kier alpha value is -1.40. The lowest BCUT2D eigenvalue weighted by Crippen LogP contribution is -2.42. The van der Waals surface area contributed by atoms with Gasteiger partial charge in [-0.15, -0.1) is 11.3 Å². The summed E-state index contributed by atoms with van der Waals surface area (Å²) in [7, 11) is 1.89. The summed E-state index contributed by atoms with van der Waals surface area (Å²) >= 11 is 1.45. The van der Waals surface area contributed by atoms with E-state index in [-0.39, 0.29) is 11.9 Å². The molecule has 2 unspecified atom stereocenters. The Bertz CT molecular complexity index is 627. The van der Waals surface area contributed by atoms with Crippen LogP contribution >= 0.6 is 11.3 Å². The number of nitrogens with one attached hydrogen (secondary N) is 1. The Morgan fingerprint density at radius 2 is 2.19 bits per heavy atom. The average Bonchev–Trinajstić information content (AvgIpc) is 2.92. The molecule has 0 spiro atoms. The number of aliphatic hydroxyl groups excluding tert-OH is 1. The van der Waals surface area contributed by atoms with Crippen molar-refractivity contribution < 1.29 is 9.90 Å². The summed E-state index contributed by atoms with van der Waals surface area (Å²) in [6.45, 7) is 1.95. The van der Waals surface area contributed by atoms with Crippen LogP contribution in [0.4, 0.5) is 0 Å². The van der Waals surface area contributed by atoms with Crippen LogP contribution in [0.5, 0.6) is 0 Å². The smallest absolute Gasteiger partial charge is 0.261 e. The lowest BCUT2D eigenvalue weighted by molar-refractivity contribution is 0.0822. The maximum Gasteiger partial charge on any atom is 0.261 e. The highest BCUT2D eigenvalue weighted by atomic mass is 32.1. The second-order valence-corrected chi connectivity index (χ2v) is 6.85. The molecule has 1 fully saturated rings. The summed E-state index contributed by atoms with van der Waals surface area (Å²) < 4.78 is 1.81. The summed E-state index contributed by atoms with van der Waals surface area (Å²) in [5.41, 5.74) is 0.942. The standard InChI is InChI=1S/C15H21N3O2S/c1-9-10-8-13(21-15(10)18(2)17-9)14(20)16-11-6-4-3-5-7-12(11)19/h8,11-12,19H,3-7H2,1-2H3,(H,16,20). The number of aryl methyl sites for hydroxylation is 2. The normalized spacial score (nSPS) is 23.2. The van der Waals surface area contributed by atoms with E-state index < -0.39 is 6.10 Å². The van der Waals surface area contributed by atoms with Crippen LogP contribution in [0.3, 0.4) is 0 Å². The average molecular weight is 307 g/mol. The zero-order valence-corrected chi connectivity index (χ0v) is 13.2. The molecule has 2 N–H and O–H groups in total. The van der Waals surface area contributed by atoms with Crippen LogP contribution in [-0.4, -0.2) is 32.9 Å². The van der Waals surface area contributed by atoms with E-state index in [9.17, 15) is 9.90 Å². The number of thiophene rings is 1. The first-order valence-electron chi connectivity index (χ1n) is 7.48. The topological polar surface area (TPSA) is 67.2 Å². The van der Waals surface area contributed by atoms with E-state index in [4.69, 9.17) is 0 Å². The van der Waals surface area contributed by atoms with E-state index in [2.05, 4.69) is 10.4 Å². The predicted octanol–water partition coefficient (Wildman–Crippen LogP) is 2.37. The molecule has 0 bridgehead atoms. The number of rotatable bonds is 2. The van der Waals surface area contributed by atoms with Gasteiger partial charge in [-0.3, -0.25) is 9.48 Å². The Morgan fingerprint density at radius 1 is 1.43 bits per heavy atom. The SMILES string of the molecule is Cc1nn(C)c2sc(C(=O)NC3CCCCCC3O)cc12. The molecular weight excluding hydrogens is 286 g/mol. The molecule has 0 saturated heterocycles. The van der Waals surface area contributed by atoms with Crippen LogP contribution < -0.4 is 5.32 Å². The van der Waals surface area contributed by atoms with Crippen LogP contribution in [0, 0.1) is 6.92 Å². The number of aliphatic hydroxyl groups is 1. The first-order valence-corrected chi connectivity index (χ1v) is 8.30. The monoisotopic (exact) mass is 307 g/mol. The zero-order valence-electron chi connectivity index (χ0n) is 12.4. The van der Waals surface area contributed by atoms with Gasteiger partial charge >= 0.3 is 0 Å². The number of carbonyl (C=O) groups excluding carboxylic acids is 1. The fraction of sp³-hybridized carbons (Fsp3) is 0.600. The maximum absolute atomic E-state index is 12.4. The van der Waals surface area contributed by atoms with Gasteiger partial charge in [0.25, 0.3) is 5.91 Å². The summed E-state index contributed by atoms with van der Waals surface area (Å²) in [5, 5.41) is 18.5. The minimum Gasteiger partial charge on any atom is -0.391 e. The number of hydrogen-bond donors (Lipinski definition) is 2. The molecule has 1 amide bonds. The lowest BCUT2D eigenvalue weighted by Gasteiger charge is -2.21. The van der Waals surface area contributed by atoms with Gasteiger partial charge < -0.3 is 10.4 Å². The van der Waals surface area contributed by atoms with Crippen LogP contribution in [0.15, 0.2) is 6.07 Å². The van der Waals surface area contributed by atoms with Gasteiger partial charge in [-0.05, 0) is 25.8 Å². The second-order valence-electron chi connectivity index (χ2n) is 5.82. The number of fused-ring (bicyclic) bond motifs is 1. The Kier molecular flexibility index (Phi) is 3.99. The van der Waals surface area contributed by atoms with Crippen LogP contribution in [0.2, 0.25) is 0 Å². The molecule has 6 heteroatoms. The first kappa shape index (κ1) is 14.5. The minimum absolute atomic E-state index is 0.0819. The Morgan fingerprint density at radius 3 is 2.95 bits per heavy atom. The van der Waals surface area contributed by atoms with E-state index in [0.29, 0.717) is 4.88 Å². The van der Waals surface area contributed by atoms with Gasteiger partial charge in [0.15, 0.2) is 0 Å². The van der Waals surface area contributed by atoms with Crippen molar-refractivity contribution in [2.24, 2.45) is 7.05 Å². The quantitative estimate of drug-likeness (QED) is 0.837. The van der Waals surface area contributed by atoms with Gasteiger partial charge in [-0.25, -0.2) is 0 Å². The molecule has 2 heterocycles. The van der Waals surface area contributed by atoms with E-state index >= 15 is 0 Å². The second kappa shape index (κ2) is 5.77. The molecule has 1 aliphatic rings. The number of aromatic nitrogens is 2. The number of nitrogens with zero attached hydrogens (tertiary/aromatic N) is 2. The first-order chi connectivity index (χ1) is 10.1. The molecule has 5 nitrogen and oxygen atoms in total. The summed E-state index contributed by atoms with van der Waals surface area (Å²) in [6, 6.07) is 1.78. The summed E-state index contributed by atoms with van der Waals surface area (Å²) in [6.07, 6.45) is 4.46. The molecular formula is C15H21N3O2S. The predicted molar refractivity (Wildman–Crippen MR) is 83.7 cm³/mol. The van der Waals surface area contributed by atoms with Gasteiger partial charge in [-0.2, -0.15) is 5.10 Å². The number of amides is 1. The molecule has 2 aromatic rings. The molecule has 114 valence electrons. The van der Waals surface area contributed by atoms with Crippen molar-refractivity contribution in [2.45, 2.75) is 51.2 Å². The molecule has 1 saturated carbocycles. The maximum atomic E-state index is 12.4. The van der Waals surface area contributed by atoms with Crippen molar-refractivity contribution in [2.75, 3.05) is 0 Å². The van der Waals surface area contributed by atoms with Crippen molar-refractivity contribution in [1.29, 1.82) is 0 Å². The van der Waals surface area contributed by atoms with Gasteiger partial charge in [0.2, 0.25) is 0 Å². The van der Waals surface area contributed by atoms with Crippen LogP contribution in [-0.2, 0) is 7.05 Å². The van der Waals surface area contributed by atoms with Gasteiger partial charge in [0.1, 0.15) is 4.83 Å². The number of hydrogen-bond acceptors (Lipinski definition) is 4. The molecule has 1 aliphatic carbocycles. The van der Waals surface area contributed by atoms with Gasteiger partial charge in [-0.1, -0.05) is 19.3 Å². The lowest BCUT2D eigenvalue weighted by atomic mass is 10.1. The van der Waals surface area contributed by atoms with Crippen LogP contribution in [0.25, 0.3) is 10.2 Å². The third-order valence-corrected chi connectivity index (χ3v) is 5.42. The Balaban J connectivity index is 1.78. The Labute approximate surface area is 128 Å². The van der Waals surface area contributed by atoms with Crippen molar-refractivity contribution in [1.82, 2.24) is 15.1 Å². The van der Waals surface area contributed by atoms with Crippen molar-refractivity contribution >= 4 is 27.5 Å². The zero-order chi connectivity index (χ0) is 15.0. The molecule has 0 aliphatic heterocycles. The third kappa shape index (κ3) is 2.82. The van der Waals surface area contributed by atoms with E-state index in [1.54, 1.807) is 0 Å². The van der Waals surface area contributed by atoms with Crippen molar-refractivity contribution in [3.05, 3.63) is 16.6 Å². The summed E-state index contributed by atoms with van der Waals surface area (Å²) in [5.74, 6) is -0.0819. The highest BCUT2D eigenvalue weighted by molar-refractivity contribution is 7.20.